The number of ether oxygens (including phenoxy) is 2. The third-order valence-corrected chi connectivity index (χ3v) is 6.11. The molecule has 0 spiro atoms. The monoisotopic (exact) mass is 363 g/mol. The zero-order valence-corrected chi connectivity index (χ0v) is 15.7. The Kier molecular flexibility index (Phi) is 9.37. The van der Waals surface area contributed by atoms with Crippen LogP contribution >= 0.6 is 19.0 Å². The van der Waals surface area contributed by atoms with Gasteiger partial charge in [0.25, 0.3) is 7.37 Å². The highest BCUT2D eigenvalue weighted by atomic mass is 35.5. The number of halogens is 1. The van der Waals surface area contributed by atoms with Gasteiger partial charge in [0.15, 0.2) is 0 Å². The molecule has 1 aromatic carbocycles. The summed E-state index contributed by atoms with van der Waals surface area (Å²) >= 11 is 5.88. The molecule has 2 atom stereocenters. The second kappa shape index (κ2) is 10.4. The highest BCUT2D eigenvalue weighted by Crippen LogP contribution is 2.54. The van der Waals surface area contributed by atoms with Gasteiger partial charge >= 0.3 is 0 Å². The molecule has 132 valence electrons. The fourth-order valence-corrected chi connectivity index (χ4v) is 4.62. The largest absolute Gasteiger partial charge is 0.345 e. The van der Waals surface area contributed by atoms with Crippen molar-refractivity contribution in [2.75, 3.05) is 26.0 Å². The Morgan fingerprint density at radius 2 is 1.65 bits per heavy atom. The molecule has 0 aliphatic rings. The van der Waals surface area contributed by atoms with Crippen molar-refractivity contribution < 1.29 is 18.6 Å². The molecule has 0 aliphatic carbocycles. The van der Waals surface area contributed by atoms with Gasteiger partial charge in [0.1, 0.15) is 0 Å². The molecule has 0 saturated carbocycles. The normalized spacial score (nSPS) is 15.6. The Labute approximate surface area is 143 Å². The summed E-state index contributed by atoms with van der Waals surface area (Å²) in [6.07, 6.45) is 0.810. The zero-order chi connectivity index (χ0) is 17.3. The molecule has 0 bridgehead atoms. The fourth-order valence-electron chi connectivity index (χ4n) is 2.21. The lowest BCUT2D eigenvalue weighted by atomic mass is 10.1. The molecule has 0 aliphatic heterocycles. The molecule has 2 unspecified atom stereocenters. The van der Waals surface area contributed by atoms with Crippen molar-refractivity contribution in [2.24, 2.45) is 5.73 Å². The topological polar surface area (TPSA) is 70.8 Å². The molecular formula is C16H27ClNO4P. The van der Waals surface area contributed by atoms with Crippen LogP contribution in [0.3, 0.4) is 0 Å². The Morgan fingerprint density at radius 3 is 2.13 bits per heavy atom. The van der Waals surface area contributed by atoms with E-state index >= 15 is 0 Å². The molecule has 1 rings (SSSR count). The van der Waals surface area contributed by atoms with Crippen molar-refractivity contribution in [1.29, 1.82) is 0 Å². The first-order chi connectivity index (χ1) is 11.0. The third kappa shape index (κ3) is 6.54. The maximum Gasteiger partial charge on any atom is 0.257 e. The van der Waals surface area contributed by atoms with Crippen molar-refractivity contribution in [3.05, 3.63) is 34.9 Å². The van der Waals surface area contributed by atoms with Crippen molar-refractivity contribution in [1.82, 2.24) is 0 Å². The number of benzene rings is 1. The fraction of sp³-hybridized carbons (Fsp3) is 0.625. The lowest BCUT2D eigenvalue weighted by molar-refractivity contribution is -0.0889. The average Bonchev–Trinajstić information content (AvgIpc) is 2.53. The van der Waals surface area contributed by atoms with E-state index in [1.165, 1.54) is 0 Å². The smallest absolute Gasteiger partial charge is 0.257 e. The molecule has 5 nitrogen and oxygen atoms in total. The van der Waals surface area contributed by atoms with E-state index < -0.39 is 13.4 Å². The second-order valence-corrected chi connectivity index (χ2v) is 8.05. The molecule has 0 amide bonds. The Balaban J connectivity index is 2.77. The minimum atomic E-state index is -3.10. The van der Waals surface area contributed by atoms with Crippen LogP contribution in [0.2, 0.25) is 5.02 Å². The number of rotatable bonds is 11. The van der Waals surface area contributed by atoms with E-state index in [0.717, 1.165) is 5.56 Å². The third-order valence-electron chi connectivity index (χ3n) is 3.34. The van der Waals surface area contributed by atoms with Crippen molar-refractivity contribution in [3.8, 4) is 0 Å². The van der Waals surface area contributed by atoms with E-state index in [1.54, 1.807) is 19.1 Å². The van der Waals surface area contributed by atoms with Gasteiger partial charge in [0.05, 0.1) is 6.61 Å². The molecule has 0 radical (unpaired) electrons. The van der Waals surface area contributed by atoms with Crippen LogP contribution < -0.4 is 5.73 Å². The second-order valence-electron chi connectivity index (χ2n) is 5.03. The first-order valence-corrected chi connectivity index (χ1v) is 10.2. The van der Waals surface area contributed by atoms with E-state index in [9.17, 15) is 4.57 Å². The number of hydrogen-bond donors (Lipinski definition) is 1. The Hall–Kier alpha value is -0.420. The lowest BCUT2D eigenvalue weighted by Crippen LogP contribution is -2.22. The van der Waals surface area contributed by atoms with Gasteiger partial charge in [-0.3, -0.25) is 4.57 Å². The minimum absolute atomic E-state index is 0.245. The van der Waals surface area contributed by atoms with Crippen LogP contribution in [-0.4, -0.2) is 32.0 Å². The summed E-state index contributed by atoms with van der Waals surface area (Å²) < 4.78 is 29.6. The molecule has 0 aromatic heterocycles. The first-order valence-electron chi connectivity index (χ1n) is 7.94. The van der Waals surface area contributed by atoms with E-state index in [1.807, 2.05) is 26.0 Å². The molecule has 0 heterocycles. The molecule has 0 saturated heterocycles. The zero-order valence-electron chi connectivity index (χ0n) is 14.0. The molecular weight excluding hydrogens is 337 g/mol. The number of hydrogen-bond acceptors (Lipinski definition) is 5. The highest BCUT2D eigenvalue weighted by molar-refractivity contribution is 7.59. The summed E-state index contributed by atoms with van der Waals surface area (Å²) in [5, 5.41) is 0.661. The van der Waals surface area contributed by atoms with Gasteiger partial charge in [0, 0.05) is 30.4 Å². The summed E-state index contributed by atoms with van der Waals surface area (Å²) in [6, 6.07) is 6.26. The Morgan fingerprint density at radius 1 is 1.09 bits per heavy atom. The summed E-state index contributed by atoms with van der Waals surface area (Å²) in [5.41, 5.74) is 7.14. The molecule has 1 aromatic rings. The van der Waals surface area contributed by atoms with Crippen LogP contribution in [0, 0.1) is 0 Å². The van der Waals surface area contributed by atoms with Crippen LogP contribution in [0.15, 0.2) is 24.3 Å². The SMILES string of the molecule is CCOC(OCC)P(=O)(CCC(N)c1ccc(Cl)cc1)OCC. The van der Waals surface area contributed by atoms with Crippen LogP contribution in [0.5, 0.6) is 0 Å². The summed E-state index contributed by atoms with van der Waals surface area (Å²) in [6.45, 7) is 6.63. The number of nitrogens with two attached hydrogens (primary N) is 1. The van der Waals surface area contributed by atoms with Gasteiger partial charge in [-0.15, -0.1) is 0 Å². The molecule has 2 N–H and O–H groups in total. The van der Waals surface area contributed by atoms with Crippen molar-refractivity contribution in [2.45, 2.75) is 39.3 Å². The quantitative estimate of drug-likeness (QED) is 0.466. The van der Waals surface area contributed by atoms with Gasteiger partial charge < -0.3 is 19.7 Å². The van der Waals surface area contributed by atoms with Gasteiger partial charge in [-0.05, 0) is 44.9 Å². The molecule has 0 fully saturated rings. The Bertz CT molecular complexity index is 491. The van der Waals surface area contributed by atoms with Crippen molar-refractivity contribution in [3.63, 3.8) is 0 Å². The van der Waals surface area contributed by atoms with Gasteiger partial charge in [-0.1, -0.05) is 23.7 Å². The van der Waals surface area contributed by atoms with E-state index in [4.69, 9.17) is 31.3 Å². The predicted molar refractivity (Wildman–Crippen MR) is 94.1 cm³/mol. The standard InChI is InChI=1S/C16H27ClNO4P/c1-4-20-16(21-5-2)23(19,22-6-3)12-11-15(18)13-7-9-14(17)10-8-13/h7-10,15-16H,4-6,11-12,18H2,1-3H3. The summed E-state index contributed by atoms with van der Waals surface area (Å²) in [7, 11) is -3.10. The lowest BCUT2D eigenvalue weighted by Gasteiger charge is -2.27. The molecule has 23 heavy (non-hydrogen) atoms. The summed E-state index contributed by atoms with van der Waals surface area (Å²) in [4.78, 5) is 0. The highest BCUT2D eigenvalue weighted by Gasteiger charge is 2.35. The maximum atomic E-state index is 13.1. The van der Waals surface area contributed by atoms with Gasteiger partial charge in [0.2, 0.25) is 6.03 Å². The van der Waals surface area contributed by atoms with Gasteiger partial charge in [-0.25, -0.2) is 0 Å². The van der Waals surface area contributed by atoms with E-state index in [0.29, 0.717) is 37.4 Å². The van der Waals surface area contributed by atoms with Crippen LogP contribution in [0.4, 0.5) is 0 Å². The predicted octanol–water partition coefficient (Wildman–Crippen LogP) is 4.40. The average molecular weight is 364 g/mol. The van der Waals surface area contributed by atoms with Crippen LogP contribution in [-0.2, 0) is 18.6 Å². The van der Waals surface area contributed by atoms with Gasteiger partial charge in [-0.2, -0.15) is 0 Å². The van der Waals surface area contributed by atoms with Crippen LogP contribution in [0.1, 0.15) is 38.8 Å². The summed E-state index contributed by atoms with van der Waals surface area (Å²) in [5.74, 6) is 0. The van der Waals surface area contributed by atoms with E-state index in [-0.39, 0.29) is 6.04 Å². The molecule has 7 heteroatoms. The minimum Gasteiger partial charge on any atom is -0.345 e. The van der Waals surface area contributed by atoms with E-state index in [2.05, 4.69) is 0 Å². The first kappa shape index (κ1) is 20.6. The van der Waals surface area contributed by atoms with Crippen LogP contribution in [0.25, 0.3) is 0 Å². The van der Waals surface area contributed by atoms with Crippen molar-refractivity contribution >= 4 is 19.0 Å². The maximum absolute atomic E-state index is 13.1.